The molecule has 0 spiro atoms. The van der Waals surface area contributed by atoms with Gasteiger partial charge in [-0.15, -0.1) is 0 Å². The number of nitrogens with one attached hydrogen (secondary N) is 1. The minimum Gasteiger partial charge on any atom is -0.342 e. The van der Waals surface area contributed by atoms with Crippen LogP contribution in [0.5, 0.6) is 0 Å². The Morgan fingerprint density at radius 1 is 1.55 bits per heavy atom. The maximum absolute atomic E-state index is 12.0. The van der Waals surface area contributed by atoms with Crippen molar-refractivity contribution in [3.63, 3.8) is 0 Å². The predicted molar refractivity (Wildman–Crippen MR) is 70.4 cm³/mol. The Labute approximate surface area is 115 Å². The second-order valence-electron chi connectivity index (χ2n) is 3.82. The SMILES string of the molecule is Cc1noc(CNC(=O)c2ncccc2C#CCN)n1. The molecular formula is C13H13N5O2. The van der Waals surface area contributed by atoms with Crippen molar-refractivity contribution in [1.82, 2.24) is 20.4 Å². The molecule has 0 bridgehead atoms. The van der Waals surface area contributed by atoms with E-state index in [2.05, 4.69) is 32.3 Å². The van der Waals surface area contributed by atoms with Gasteiger partial charge < -0.3 is 15.6 Å². The van der Waals surface area contributed by atoms with Crippen LogP contribution in [0.1, 0.15) is 27.8 Å². The average molecular weight is 271 g/mol. The second kappa shape index (κ2) is 6.45. The number of carbonyl (C=O) groups is 1. The van der Waals surface area contributed by atoms with Crippen LogP contribution >= 0.6 is 0 Å². The Morgan fingerprint density at radius 2 is 2.40 bits per heavy atom. The van der Waals surface area contributed by atoms with Gasteiger partial charge >= 0.3 is 0 Å². The molecule has 1 amide bonds. The Bertz CT molecular complexity index is 669. The Kier molecular flexibility index (Phi) is 4.42. The van der Waals surface area contributed by atoms with E-state index in [0.29, 0.717) is 17.3 Å². The fourth-order valence-corrected chi connectivity index (χ4v) is 1.48. The molecule has 2 heterocycles. The van der Waals surface area contributed by atoms with E-state index in [0.717, 1.165) is 0 Å². The van der Waals surface area contributed by atoms with Crippen LogP contribution in [0.4, 0.5) is 0 Å². The van der Waals surface area contributed by atoms with Crippen LogP contribution in [-0.2, 0) is 6.54 Å². The smallest absolute Gasteiger partial charge is 0.271 e. The third kappa shape index (κ3) is 3.40. The van der Waals surface area contributed by atoms with Crippen LogP contribution in [0.15, 0.2) is 22.9 Å². The van der Waals surface area contributed by atoms with Gasteiger partial charge in [-0.1, -0.05) is 17.0 Å². The highest BCUT2D eigenvalue weighted by atomic mass is 16.5. The minimum atomic E-state index is -0.359. The highest BCUT2D eigenvalue weighted by molar-refractivity contribution is 5.94. The van der Waals surface area contributed by atoms with Gasteiger partial charge in [-0.25, -0.2) is 4.98 Å². The van der Waals surface area contributed by atoms with E-state index in [9.17, 15) is 4.79 Å². The van der Waals surface area contributed by atoms with Crippen LogP contribution in [0, 0.1) is 18.8 Å². The van der Waals surface area contributed by atoms with Crippen molar-refractivity contribution in [2.75, 3.05) is 6.54 Å². The maximum atomic E-state index is 12.0. The van der Waals surface area contributed by atoms with E-state index in [1.165, 1.54) is 6.20 Å². The quantitative estimate of drug-likeness (QED) is 0.762. The number of amides is 1. The molecule has 0 saturated carbocycles. The van der Waals surface area contributed by atoms with Gasteiger partial charge in [0.1, 0.15) is 5.69 Å². The van der Waals surface area contributed by atoms with Gasteiger partial charge in [0.2, 0.25) is 5.89 Å². The van der Waals surface area contributed by atoms with Crippen molar-refractivity contribution in [3.8, 4) is 11.8 Å². The highest BCUT2D eigenvalue weighted by Gasteiger charge is 2.12. The standard InChI is InChI=1S/C13H13N5O2/c1-9-17-11(20-18-9)8-16-13(19)12-10(4-2-6-14)5-3-7-15-12/h3,5,7H,6,8,14H2,1H3,(H,16,19). The molecule has 0 radical (unpaired) electrons. The monoisotopic (exact) mass is 271 g/mol. The topological polar surface area (TPSA) is 107 Å². The van der Waals surface area contributed by atoms with Gasteiger partial charge in [-0.2, -0.15) is 4.98 Å². The molecule has 2 rings (SSSR count). The summed E-state index contributed by atoms with van der Waals surface area (Å²) in [6, 6.07) is 3.42. The molecule has 0 aliphatic heterocycles. The third-order valence-electron chi connectivity index (χ3n) is 2.32. The van der Waals surface area contributed by atoms with E-state index in [1.807, 2.05) is 0 Å². The second-order valence-corrected chi connectivity index (χ2v) is 3.82. The molecule has 0 atom stereocenters. The zero-order valence-electron chi connectivity index (χ0n) is 10.9. The zero-order chi connectivity index (χ0) is 14.4. The normalized spacial score (nSPS) is 9.70. The van der Waals surface area contributed by atoms with E-state index in [1.54, 1.807) is 19.1 Å². The summed E-state index contributed by atoms with van der Waals surface area (Å²) in [6.07, 6.45) is 1.53. The molecule has 7 heteroatoms. The van der Waals surface area contributed by atoms with Crippen LogP contribution in [0.2, 0.25) is 0 Å². The molecule has 0 aromatic carbocycles. The van der Waals surface area contributed by atoms with Crippen LogP contribution in [0.3, 0.4) is 0 Å². The molecule has 102 valence electrons. The molecule has 0 aliphatic rings. The summed E-state index contributed by atoms with van der Waals surface area (Å²) < 4.78 is 4.90. The van der Waals surface area contributed by atoms with Crippen molar-refractivity contribution in [1.29, 1.82) is 0 Å². The van der Waals surface area contributed by atoms with E-state index < -0.39 is 0 Å². The summed E-state index contributed by atoms with van der Waals surface area (Å²) in [5.41, 5.74) is 6.08. The number of carbonyl (C=O) groups excluding carboxylic acids is 1. The molecule has 0 aliphatic carbocycles. The minimum absolute atomic E-state index is 0.139. The van der Waals surface area contributed by atoms with Crippen molar-refractivity contribution < 1.29 is 9.32 Å². The summed E-state index contributed by atoms with van der Waals surface area (Å²) in [6.45, 7) is 2.06. The Hall–Kier alpha value is -2.72. The lowest BCUT2D eigenvalue weighted by Gasteiger charge is -2.03. The van der Waals surface area contributed by atoms with Gasteiger partial charge in [0.15, 0.2) is 5.82 Å². The lowest BCUT2D eigenvalue weighted by Crippen LogP contribution is -2.25. The maximum Gasteiger partial charge on any atom is 0.271 e. The molecule has 0 fully saturated rings. The number of hydrogen-bond acceptors (Lipinski definition) is 6. The number of nitrogens with two attached hydrogens (primary N) is 1. The molecular weight excluding hydrogens is 258 g/mol. The summed E-state index contributed by atoms with van der Waals surface area (Å²) in [5, 5.41) is 6.28. The van der Waals surface area contributed by atoms with E-state index in [-0.39, 0.29) is 24.7 Å². The summed E-state index contributed by atoms with van der Waals surface area (Å²) in [5.74, 6) is 5.99. The van der Waals surface area contributed by atoms with Crippen molar-refractivity contribution >= 4 is 5.91 Å². The first-order valence-electron chi connectivity index (χ1n) is 5.92. The number of nitrogens with zero attached hydrogens (tertiary/aromatic N) is 3. The highest BCUT2D eigenvalue weighted by Crippen LogP contribution is 2.04. The summed E-state index contributed by atoms with van der Waals surface area (Å²) >= 11 is 0. The Morgan fingerprint density at radius 3 is 3.10 bits per heavy atom. The molecule has 7 nitrogen and oxygen atoms in total. The molecule has 0 unspecified atom stereocenters. The van der Waals surface area contributed by atoms with E-state index >= 15 is 0 Å². The number of hydrogen-bond donors (Lipinski definition) is 2. The predicted octanol–water partition coefficient (Wildman–Crippen LogP) is 0.0132. The molecule has 3 N–H and O–H groups in total. The molecule has 2 aromatic heterocycles. The lowest BCUT2D eigenvalue weighted by atomic mass is 10.2. The van der Waals surface area contributed by atoms with Gasteiger partial charge in [0.05, 0.1) is 18.7 Å². The van der Waals surface area contributed by atoms with Crippen molar-refractivity contribution in [3.05, 3.63) is 41.3 Å². The van der Waals surface area contributed by atoms with Gasteiger partial charge in [-0.3, -0.25) is 4.79 Å². The lowest BCUT2D eigenvalue weighted by molar-refractivity contribution is 0.0941. The number of aromatic nitrogens is 3. The summed E-state index contributed by atoms with van der Waals surface area (Å²) in [7, 11) is 0. The first-order chi connectivity index (χ1) is 9.70. The molecule has 20 heavy (non-hydrogen) atoms. The Balaban J connectivity index is 2.09. The fourth-order valence-electron chi connectivity index (χ4n) is 1.48. The molecule has 2 aromatic rings. The zero-order valence-corrected chi connectivity index (χ0v) is 10.9. The van der Waals surface area contributed by atoms with Crippen molar-refractivity contribution in [2.45, 2.75) is 13.5 Å². The fraction of sp³-hybridized carbons (Fsp3) is 0.231. The van der Waals surface area contributed by atoms with Crippen molar-refractivity contribution in [2.24, 2.45) is 5.73 Å². The largest absolute Gasteiger partial charge is 0.342 e. The van der Waals surface area contributed by atoms with Crippen LogP contribution < -0.4 is 11.1 Å². The number of rotatable bonds is 3. The third-order valence-corrected chi connectivity index (χ3v) is 2.32. The van der Waals surface area contributed by atoms with Crippen LogP contribution in [0.25, 0.3) is 0 Å². The molecule has 0 saturated heterocycles. The summed E-state index contributed by atoms with van der Waals surface area (Å²) in [4.78, 5) is 20.1. The first-order valence-corrected chi connectivity index (χ1v) is 5.92. The number of pyridine rings is 1. The van der Waals surface area contributed by atoms with Crippen LogP contribution in [-0.4, -0.2) is 27.6 Å². The average Bonchev–Trinajstić information content (AvgIpc) is 2.88. The van der Waals surface area contributed by atoms with Gasteiger partial charge in [-0.05, 0) is 19.1 Å². The number of aryl methyl sites for hydroxylation is 1. The van der Waals surface area contributed by atoms with Gasteiger partial charge in [0, 0.05) is 6.20 Å². The van der Waals surface area contributed by atoms with Gasteiger partial charge in [0.25, 0.3) is 5.91 Å². The first kappa shape index (κ1) is 13.7. The van der Waals surface area contributed by atoms with E-state index in [4.69, 9.17) is 10.3 Å².